The smallest absolute Gasteiger partial charge is 0.223 e. The Balaban J connectivity index is 1.24. The van der Waals surface area contributed by atoms with Crippen molar-refractivity contribution in [1.29, 1.82) is 0 Å². The van der Waals surface area contributed by atoms with E-state index < -0.39 is 0 Å². The standard InChI is InChI=1S/C21H33N7O2/c1-16(2)20-24-23-18-4-5-19(25-28(18)20)27-10-6-17(7-11-27)21(29)22-8-3-9-26-12-14-30-15-13-26/h4-5,16-17H,3,6-15H2,1-2H3,(H,22,29). The van der Waals surface area contributed by atoms with Crippen molar-refractivity contribution in [2.75, 3.05) is 57.4 Å². The zero-order valence-electron chi connectivity index (χ0n) is 18.1. The zero-order valence-corrected chi connectivity index (χ0v) is 18.1. The number of ether oxygens (including phenoxy) is 1. The summed E-state index contributed by atoms with van der Waals surface area (Å²) in [5.41, 5.74) is 0.772. The molecule has 2 saturated heterocycles. The Labute approximate surface area is 177 Å². The number of rotatable bonds is 7. The molecule has 0 radical (unpaired) electrons. The lowest BCUT2D eigenvalue weighted by atomic mass is 9.96. The molecular formula is C21H33N7O2. The fourth-order valence-electron chi connectivity index (χ4n) is 4.18. The average Bonchev–Trinajstić information content (AvgIpc) is 3.21. The summed E-state index contributed by atoms with van der Waals surface area (Å²) in [6, 6.07) is 3.97. The maximum Gasteiger partial charge on any atom is 0.223 e. The quantitative estimate of drug-likeness (QED) is 0.682. The first-order valence-corrected chi connectivity index (χ1v) is 11.2. The van der Waals surface area contributed by atoms with Gasteiger partial charge in [-0.2, -0.15) is 4.52 Å². The predicted molar refractivity (Wildman–Crippen MR) is 115 cm³/mol. The van der Waals surface area contributed by atoms with Gasteiger partial charge in [0.2, 0.25) is 5.91 Å². The highest BCUT2D eigenvalue weighted by Crippen LogP contribution is 2.23. The van der Waals surface area contributed by atoms with E-state index >= 15 is 0 Å². The third-order valence-electron chi connectivity index (χ3n) is 6.03. The highest BCUT2D eigenvalue weighted by molar-refractivity contribution is 5.78. The summed E-state index contributed by atoms with van der Waals surface area (Å²) in [5, 5.41) is 16.3. The van der Waals surface area contributed by atoms with Crippen LogP contribution in [0, 0.1) is 5.92 Å². The number of piperidine rings is 1. The second-order valence-electron chi connectivity index (χ2n) is 8.53. The summed E-state index contributed by atoms with van der Waals surface area (Å²) in [7, 11) is 0. The minimum absolute atomic E-state index is 0.0921. The van der Waals surface area contributed by atoms with Gasteiger partial charge >= 0.3 is 0 Å². The van der Waals surface area contributed by atoms with Crippen LogP contribution in [0.3, 0.4) is 0 Å². The van der Waals surface area contributed by atoms with E-state index in [2.05, 4.69) is 39.2 Å². The lowest BCUT2D eigenvalue weighted by molar-refractivity contribution is -0.125. The molecule has 0 atom stereocenters. The van der Waals surface area contributed by atoms with E-state index in [0.29, 0.717) is 0 Å². The van der Waals surface area contributed by atoms with Crippen molar-refractivity contribution in [2.45, 2.75) is 39.0 Å². The maximum atomic E-state index is 12.6. The monoisotopic (exact) mass is 415 g/mol. The van der Waals surface area contributed by atoms with Crippen molar-refractivity contribution in [2.24, 2.45) is 5.92 Å². The van der Waals surface area contributed by atoms with Crippen LogP contribution in [0.1, 0.15) is 44.9 Å². The van der Waals surface area contributed by atoms with Crippen molar-refractivity contribution in [3.05, 3.63) is 18.0 Å². The summed E-state index contributed by atoms with van der Waals surface area (Å²) in [6.07, 6.45) is 2.70. The van der Waals surface area contributed by atoms with E-state index in [1.807, 2.05) is 16.6 Å². The molecule has 2 aliphatic heterocycles. The third-order valence-corrected chi connectivity index (χ3v) is 6.03. The molecular weight excluding hydrogens is 382 g/mol. The maximum absolute atomic E-state index is 12.6. The Morgan fingerprint density at radius 1 is 1.17 bits per heavy atom. The zero-order chi connectivity index (χ0) is 20.9. The van der Waals surface area contributed by atoms with E-state index in [1.54, 1.807) is 0 Å². The van der Waals surface area contributed by atoms with Crippen LogP contribution >= 0.6 is 0 Å². The molecule has 0 aromatic carbocycles. The Bertz CT molecular complexity index is 839. The van der Waals surface area contributed by atoms with Crippen LogP contribution in [-0.2, 0) is 9.53 Å². The van der Waals surface area contributed by atoms with Gasteiger partial charge in [-0.25, -0.2) is 0 Å². The number of hydrogen-bond donors (Lipinski definition) is 1. The Hall–Kier alpha value is -2.26. The first kappa shape index (κ1) is 21.0. The van der Waals surface area contributed by atoms with E-state index in [9.17, 15) is 4.79 Å². The number of carbonyl (C=O) groups excluding carboxylic acids is 1. The largest absolute Gasteiger partial charge is 0.379 e. The summed E-state index contributed by atoms with van der Waals surface area (Å²) >= 11 is 0. The van der Waals surface area contributed by atoms with Crippen molar-refractivity contribution in [1.82, 2.24) is 30.0 Å². The lowest BCUT2D eigenvalue weighted by Crippen LogP contribution is -2.42. The molecule has 4 rings (SSSR count). The minimum Gasteiger partial charge on any atom is -0.379 e. The van der Waals surface area contributed by atoms with E-state index in [1.165, 1.54) is 0 Å². The number of amides is 1. The molecule has 2 aromatic rings. The van der Waals surface area contributed by atoms with Crippen LogP contribution in [0.25, 0.3) is 5.65 Å². The summed E-state index contributed by atoms with van der Waals surface area (Å²) in [6.45, 7) is 11.3. The Kier molecular flexibility index (Phi) is 6.79. The van der Waals surface area contributed by atoms with Crippen LogP contribution in [0.5, 0.6) is 0 Å². The van der Waals surface area contributed by atoms with E-state index in [4.69, 9.17) is 9.84 Å². The molecule has 0 saturated carbocycles. The summed E-state index contributed by atoms with van der Waals surface area (Å²) in [4.78, 5) is 17.2. The first-order valence-electron chi connectivity index (χ1n) is 11.2. The van der Waals surface area contributed by atoms with Gasteiger partial charge in [0.05, 0.1) is 13.2 Å². The van der Waals surface area contributed by atoms with Crippen molar-refractivity contribution < 1.29 is 9.53 Å². The predicted octanol–water partition coefficient (Wildman–Crippen LogP) is 1.30. The van der Waals surface area contributed by atoms with E-state index in [-0.39, 0.29) is 17.7 Å². The van der Waals surface area contributed by atoms with Gasteiger partial charge in [-0.05, 0) is 37.9 Å². The number of nitrogens with one attached hydrogen (secondary N) is 1. The molecule has 9 nitrogen and oxygen atoms in total. The molecule has 0 spiro atoms. The number of hydrogen-bond acceptors (Lipinski definition) is 7. The Morgan fingerprint density at radius 3 is 2.67 bits per heavy atom. The molecule has 1 amide bonds. The van der Waals surface area contributed by atoms with Crippen LogP contribution in [0.2, 0.25) is 0 Å². The number of nitrogens with zero attached hydrogens (tertiary/aromatic N) is 6. The van der Waals surface area contributed by atoms with Crippen molar-refractivity contribution in [3.63, 3.8) is 0 Å². The number of aromatic nitrogens is 4. The number of carbonyl (C=O) groups is 1. The molecule has 164 valence electrons. The highest BCUT2D eigenvalue weighted by Gasteiger charge is 2.26. The van der Waals surface area contributed by atoms with Gasteiger partial charge in [0.1, 0.15) is 5.82 Å². The molecule has 2 fully saturated rings. The summed E-state index contributed by atoms with van der Waals surface area (Å²) < 4.78 is 7.21. The number of anilines is 1. The van der Waals surface area contributed by atoms with Gasteiger partial charge in [-0.15, -0.1) is 15.3 Å². The highest BCUT2D eigenvalue weighted by atomic mass is 16.5. The van der Waals surface area contributed by atoms with Crippen LogP contribution in [0.4, 0.5) is 5.82 Å². The van der Waals surface area contributed by atoms with Crippen LogP contribution in [0.15, 0.2) is 12.1 Å². The topological polar surface area (TPSA) is 87.9 Å². The van der Waals surface area contributed by atoms with Gasteiger partial charge in [-0.3, -0.25) is 9.69 Å². The average molecular weight is 416 g/mol. The fourth-order valence-corrected chi connectivity index (χ4v) is 4.18. The third kappa shape index (κ3) is 4.89. The molecule has 2 aromatic heterocycles. The van der Waals surface area contributed by atoms with E-state index in [0.717, 1.165) is 89.0 Å². The van der Waals surface area contributed by atoms with Gasteiger partial charge in [0.15, 0.2) is 11.5 Å². The summed E-state index contributed by atoms with van der Waals surface area (Å²) in [5.74, 6) is 2.35. The second-order valence-corrected chi connectivity index (χ2v) is 8.53. The first-order chi connectivity index (χ1) is 14.6. The second kappa shape index (κ2) is 9.70. The van der Waals surface area contributed by atoms with Crippen molar-refractivity contribution >= 4 is 17.4 Å². The van der Waals surface area contributed by atoms with Crippen molar-refractivity contribution in [3.8, 4) is 0 Å². The number of morpholine rings is 1. The molecule has 2 aliphatic rings. The minimum atomic E-state index is 0.0921. The Morgan fingerprint density at radius 2 is 1.93 bits per heavy atom. The molecule has 0 unspecified atom stereocenters. The molecule has 0 bridgehead atoms. The van der Waals surface area contributed by atoms with Gasteiger partial charge in [0.25, 0.3) is 0 Å². The normalized spacial score (nSPS) is 19.0. The van der Waals surface area contributed by atoms with Gasteiger partial charge in [-0.1, -0.05) is 13.8 Å². The lowest BCUT2D eigenvalue weighted by Gasteiger charge is -2.32. The number of fused-ring (bicyclic) bond motifs is 1. The van der Waals surface area contributed by atoms with Gasteiger partial charge < -0.3 is 15.0 Å². The molecule has 1 N–H and O–H groups in total. The fraction of sp³-hybridized carbons (Fsp3) is 0.714. The van der Waals surface area contributed by atoms with Crippen LogP contribution in [-0.4, -0.2) is 83.1 Å². The van der Waals surface area contributed by atoms with Gasteiger partial charge in [0, 0.05) is 44.6 Å². The molecule has 30 heavy (non-hydrogen) atoms. The van der Waals surface area contributed by atoms with Crippen LogP contribution < -0.4 is 10.2 Å². The SMILES string of the molecule is CC(C)c1nnc2ccc(N3CCC(C(=O)NCCCN4CCOCC4)CC3)nn12. The molecule has 0 aliphatic carbocycles. The molecule has 9 heteroatoms. The molecule has 4 heterocycles.